The monoisotopic (exact) mass is 206 g/mol. The second-order valence-electron chi connectivity index (χ2n) is 3.07. The maximum atomic E-state index is 10.7. The fraction of sp³-hybridized carbons (Fsp3) is 0.875. The van der Waals surface area contributed by atoms with Gasteiger partial charge in [-0.05, 0) is 0 Å². The standard InChI is InChI=1S/C8H14O6/c1-4(9)14-7-5(10)3-13-8(12-2)6(7)11/h5-8,10-11H,3H2,1-2H3/t5-,6-,7+,8?/m1/s1. The van der Waals surface area contributed by atoms with Crippen molar-refractivity contribution in [2.75, 3.05) is 13.7 Å². The van der Waals surface area contributed by atoms with Crippen LogP contribution in [0, 0.1) is 0 Å². The van der Waals surface area contributed by atoms with Gasteiger partial charge in [0.2, 0.25) is 0 Å². The molecule has 1 saturated heterocycles. The molecule has 0 radical (unpaired) electrons. The van der Waals surface area contributed by atoms with Gasteiger partial charge in [0.25, 0.3) is 0 Å². The molecular formula is C8H14O6. The minimum atomic E-state index is -1.17. The highest BCUT2D eigenvalue weighted by Gasteiger charge is 2.41. The average Bonchev–Trinajstić information content (AvgIpc) is 2.12. The predicted molar refractivity (Wildman–Crippen MR) is 44.3 cm³/mol. The zero-order valence-corrected chi connectivity index (χ0v) is 8.04. The summed E-state index contributed by atoms with van der Waals surface area (Å²) in [6, 6.07) is 0. The molecule has 0 bridgehead atoms. The van der Waals surface area contributed by atoms with Crippen LogP contribution in [0.2, 0.25) is 0 Å². The molecule has 14 heavy (non-hydrogen) atoms. The molecule has 0 aromatic carbocycles. The van der Waals surface area contributed by atoms with Crippen molar-refractivity contribution in [3.8, 4) is 0 Å². The topological polar surface area (TPSA) is 85.2 Å². The van der Waals surface area contributed by atoms with Gasteiger partial charge in [0.05, 0.1) is 6.61 Å². The second kappa shape index (κ2) is 4.70. The number of rotatable bonds is 2. The van der Waals surface area contributed by atoms with Crippen LogP contribution < -0.4 is 0 Å². The Hall–Kier alpha value is -0.690. The predicted octanol–water partition coefficient (Wildman–Crippen LogP) is -1.36. The number of esters is 1. The van der Waals surface area contributed by atoms with E-state index in [2.05, 4.69) is 0 Å². The van der Waals surface area contributed by atoms with E-state index in [9.17, 15) is 15.0 Å². The van der Waals surface area contributed by atoms with Crippen molar-refractivity contribution in [3.05, 3.63) is 0 Å². The van der Waals surface area contributed by atoms with Crippen molar-refractivity contribution in [1.29, 1.82) is 0 Å². The first-order valence-electron chi connectivity index (χ1n) is 4.24. The summed E-state index contributed by atoms with van der Waals surface area (Å²) in [5.74, 6) is -0.565. The highest BCUT2D eigenvalue weighted by atomic mass is 16.7. The summed E-state index contributed by atoms with van der Waals surface area (Å²) in [5.41, 5.74) is 0. The molecule has 0 aromatic rings. The van der Waals surface area contributed by atoms with Crippen LogP contribution in [-0.4, -0.2) is 54.5 Å². The van der Waals surface area contributed by atoms with Gasteiger partial charge in [0.1, 0.15) is 12.2 Å². The molecular weight excluding hydrogens is 192 g/mol. The number of carbonyl (C=O) groups is 1. The summed E-state index contributed by atoms with van der Waals surface area (Å²) < 4.78 is 14.5. The molecule has 2 N–H and O–H groups in total. The van der Waals surface area contributed by atoms with Crippen molar-refractivity contribution in [2.45, 2.75) is 31.5 Å². The lowest BCUT2D eigenvalue weighted by Gasteiger charge is -2.36. The lowest BCUT2D eigenvalue weighted by molar-refractivity contribution is -0.266. The molecule has 82 valence electrons. The summed E-state index contributed by atoms with van der Waals surface area (Å²) >= 11 is 0. The average molecular weight is 206 g/mol. The number of methoxy groups -OCH3 is 1. The lowest BCUT2D eigenvalue weighted by atomic mass is 10.1. The first-order chi connectivity index (χ1) is 6.56. The quantitative estimate of drug-likeness (QED) is 0.543. The molecule has 6 nitrogen and oxygen atoms in total. The minimum Gasteiger partial charge on any atom is -0.457 e. The Kier molecular flexibility index (Phi) is 3.82. The van der Waals surface area contributed by atoms with Crippen molar-refractivity contribution < 1.29 is 29.2 Å². The third-order valence-corrected chi connectivity index (χ3v) is 1.96. The Morgan fingerprint density at radius 3 is 2.64 bits per heavy atom. The van der Waals surface area contributed by atoms with E-state index in [4.69, 9.17) is 14.2 Å². The summed E-state index contributed by atoms with van der Waals surface area (Å²) in [6.45, 7) is 1.17. The van der Waals surface area contributed by atoms with Crippen LogP contribution >= 0.6 is 0 Å². The number of aliphatic hydroxyl groups is 2. The van der Waals surface area contributed by atoms with Gasteiger partial charge in [-0.3, -0.25) is 4.79 Å². The van der Waals surface area contributed by atoms with Crippen molar-refractivity contribution >= 4 is 5.97 Å². The highest BCUT2D eigenvalue weighted by molar-refractivity contribution is 5.66. The first kappa shape index (κ1) is 11.4. The maximum Gasteiger partial charge on any atom is 0.303 e. The van der Waals surface area contributed by atoms with Gasteiger partial charge < -0.3 is 24.4 Å². The molecule has 4 atom stereocenters. The number of hydrogen-bond donors (Lipinski definition) is 2. The zero-order valence-electron chi connectivity index (χ0n) is 8.04. The van der Waals surface area contributed by atoms with Crippen LogP contribution in [0.15, 0.2) is 0 Å². The van der Waals surface area contributed by atoms with Gasteiger partial charge in [0, 0.05) is 14.0 Å². The van der Waals surface area contributed by atoms with Crippen LogP contribution in [0.5, 0.6) is 0 Å². The number of ether oxygens (including phenoxy) is 3. The lowest BCUT2D eigenvalue weighted by Crippen LogP contribution is -2.55. The van der Waals surface area contributed by atoms with Crippen LogP contribution in [0.1, 0.15) is 6.92 Å². The Labute approximate surface area is 81.4 Å². The molecule has 1 heterocycles. The normalized spacial score (nSPS) is 38.0. The van der Waals surface area contributed by atoms with Crippen LogP contribution in [0.3, 0.4) is 0 Å². The van der Waals surface area contributed by atoms with Gasteiger partial charge in [-0.2, -0.15) is 0 Å². The minimum absolute atomic E-state index is 0.0342. The van der Waals surface area contributed by atoms with Crippen LogP contribution in [0.4, 0.5) is 0 Å². The van der Waals surface area contributed by atoms with E-state index in [1.807, 2.05) is 0 Å². The van der Waals surface area contributed by atoms with E-state index >= 15 is 0 Å². The fourth-order valence-corrected chi connectivity index (χ4v) is 1.32. The van der Waals surface area contributed by atoms with Crippen molar-refractivity contribution in [1.82, 2.24) is 0 Å². The van der Waals surface area contributed by atoms with Crippen molar-refractivity contribution in [2.24, 2.45) is 0 Å². The molecule has 0 aromatic heterocycles. The van der Waals surface area contributed by atoms with E-state index < -0.39 is 30.6 Å². The first-order valence-corrected chi connectivity index (χ1v) is 4.24. The Morgan fingerprint density at radius 1 is 1.50 bits per heavy atom. The highest BCUT2D eigenvalue weighted by Crippen LogP contribution is 2.18. The molecule has 1 unspecified atom stereocenters. The van der Waals surface area contributed by atoms with E-state index in [1.165, 1.54) is 14.0 Å². The zero-order chi connectivity index (χ0) is 10.7. The van der Waals surface area contributed by atoms with Gasteiger partial charge in [-0.15, -0.1) is 0 Å². The number of carbonyl (C=O) groups excluding carboxylic acids is 1. The third-order valence-electron chi connectivity index (χ3n) is 1.96. The third kappa shape index (κ3) is 2.42. The summed E-state index contributed by atoms with van der Waals surface area (Å²) in [7, 11) is 1.36. The van der Waals surface area contributed by atoms with E-state index in [1.54, 1.807) is 0 Å². The Bertz CT molecular complexity index is 206. The molecule has 0 amide bonds. The van der Waals surface area contributed by atoms with Crippen molar-refractivity contribution in [3.63, 3.8) is 0 Å². The van der Waals surface area contributed by atoms with E-state index in [0.717, 1.165) is 0 Å². The number of hydrogen-bond acceptors (Lipinski definition) is 6. The molecule has 1 aliphatic rings. The Morgan fingerprint density at radius 2 is 2.14 bits per heavy atom. The molecule has 0 saturated carbocycles. The summed E-state index contributed by atoms with van der Waals surface area (Å²) in [4.78, 5) is 10.7. The van der Waals surface area contributed by atoms with Gasteiger partial charge in [-0.1, -0.05) is 0 Å². The van der Waals surface area contributed by atoms with E-state index in [0.29, 0.717) is 0 Å². The molecule has 0 spiro atoms. The molecule has 1 rings (SSSR count). The maximum absolute atomic E-state index is 10.7. The smallest absolute Gasteiger partial charge is 0.303 e. The molecule has 6 heteroatoms. The number of aliphatic hydroxyl groups excluding tert-OH is 2. The van der Waals surface area contributed by atoms with Gasteiger partial charge >= 0.3 is 5.97 Å². The van der Waals surface area contributed by atoms with Crippen LogP contribution in [0.25, 0.3) is 0 Å². The van der Waals surface area contributed by atoms with Gasteiger partial charge in [-0.25, -0.2) is 0 Å². The molecule has 1 aliphatic heterocycles. The second-order valence-corrected chi connectivity index (χ2v) is 3.07. The van der Waals surface area contributed by atoms with E-state index in [-0.39, 0.29) is 6.61 Å². The largest absolute Gasteiger partial charge is 0.457 e. The van der Waals surface area contributed by atoms with Gasteiger partial charge in [0.15, 0.2) is 12.4 Å². The summed E-state index contributed by atoms with van der Waals surface area (Å²) in [6.07, 6.45) is -4.07. The molecule has 0 aliphatic carbocycles. The van der Waals surface area contributed by atoms with Crippen LogP contribution in [-0.2, 0) is 19.0 Å². The summed E-state index contributed by atoms with van der Waals surface area (Å²) in [5, 5.41) is 18.9. The SMILES string of the molecule is COC1OC[C@@H](O)[C@H](OC(C)=O)[C@H]1O. The molecule has 1 fully saturated rings. The fourth-order valence-electron chi connectivity index (χ4n) is 1.32. The Balaban J connectivity index is 2.63.